The lowest BCUT2D eigenvalue weighted by molar-refractivity contribution is -0.195. The van der Waals surface area contributed by atoms with E-state index in [0.29, 0.717) is 22.7 Å². The largest absolute Gasteiger partial charge is 0.496 e. The first-order valence-electron chi connectivity index (χ1n) is 12.3. The maximum atomic E-state index is 6.24. The average molecular weight is 423 g/mol. The Morgan fingerprint density at radius 1 is 0.719 bits per heavy atom. The molecule has 8 rings (SSSR count). The summed E-state index contributed by atoms with van der Waals surface area (Å²) in [6.07, 6.45) is 7.76. The first kappa shape index (κ1) is 18.0. The van der Waals surface area contributed by atoms with Crippen LogP contribution < -0.4 is 9.47 Å². The van der Waals surface area contributed by atoms with Crippen molar-refractivity contribution in [3.63, 3.8) is 0 Å². The predicted molar refractivity (Wildman–Crippen MR) is 129 cm³/mol. The zero-order valence-electron chi connectivity index (χ0n) is 19.3. The zero-order chi connectivity index (χ0) is 21.6. The van der Waals surface area contributed by atoms with Crippen molar-refractivity contribution in [2.24, 2.45) is 34.5 Å². The lowest BCUT2D eigenvalue weighted by Gasteiger charge is -2.70. The Morgan fingerprint density at radius 2 is 1.19 bits per heavy atom. The Bertz CT molecular complexity index is 1280. The van der Waals surface area contributed by atoms with E-state index in [4.69, 9.17) is 9.47 Å². The van der Waals surface area contributed by atoms with Gasteiger partial charge in [0.2, 0.25) is 0 Å². The van der Waals surface area contributed by atoms with Gasteiger partial charge in [0.05, 0.1) is 14.2 Å². The van der Waals surface area contributed by atoms with Gasteiger partial charge in [-0.15, -0.1) is 0 Å². The van der Waals surface area contributed by atoms with Gasteiger partial charge in [0.25, 0.3) is 0 Å². The summed E-state index contributed by atoms with van der Waals surface area (Å²) in [5.74, 6) is 6.52. The molecule has 0 amide bonds. The first-order valence-corrected chi connectivity index (χ1v) is 12.3. The van der Waals surface area contributed by atoms with Crippen LogP contribution in [0.4, 0.5) is 0 Å². The normalized spacial score (nSPS) is 41.6. The van der Waals surface area contributed by atoms with E-state index < -0.39 is 0 Å². The van der Waals surface area contributed by atoms with E-state index >= 15 is 0 Å². The summed E-state index contributed by atoms with van der Waals surface area (Å²) < 4.78 is 12.5. The summed E-state index contributed by atoms with van der Waals surface area (Å²) >= 11 is 0. The van der Waals surface area contributed by atoms with Gasteiger partial charge in [-0.25, -0.2) is 0 Å². The summed E-state index contributed by atoms with van der Waals surface area (Å²) in [5, 5.41) is 4.96. The minimum atomic E-state index is 0.435. The van der Waals surface area contributed by atoms with E-state index in [1.54, 1.807) is 0 Å². The second-order valence-electron chi connectivity index (χ2n) is 11.5. The molecule has 0 spiro atoms. The molecule has 5 aliphatic rings. The molecule has 3 aromatic carbocycles. The van der Waals surface area contributed by atoms with Gasteiger partial charge in [0.15, 0.2) is 0 Å². The van der Waals surface area contributed by atoms with Gasteiger partial charge in [-0.3, -0.25) is 0 Å². The Hall–Kier alpha value is -2.48. The van der Waals surface area contributed by atoms with E-state index in [2.05, 4.69) is 62.4 Å². The van der Waals surface area contributed by atoms with Crippen LogP contribution in [0.1, 0.15) is 49.7 Å². The molecule has 0 radical (unpaired) electrons. The molecular formula is C30H30O2. The van der Waals surface area contributed by atoms with Crippen LogP contribution in [0.5, 0.6) is 11.5 Å². The maximum absolute atomic E-state index is 6.24. The topological polar surface area (TPSA) is 18.5 Å². The number of ether oxygens (including phenoxy) is 2. The summed E-state index contributed by atoms with van der Waals surface area (Å²) in [7, 11) is 3.74. The Morgan fingerprint density at radius 3 is 1.62 bits per heavy atom. The molecule has 4 bridgehead atoms. The van der Waals surface area contributed by atoms with Crippen molar-refractivity contribution in [3.8, 4) is 11.5 Å². The molecule has 0 unspecified atom stereocenters. The van der Waals surface area contributed by atoms with Crippen molar-refractivity contribution in [2.75, 3.05) is 14.2 Å². The Labute approximate surface area is 189 Å². The summed E-state index contributed by atoms with van der Waals surface area (Å²) in [4.78, 5) is 0. The fraction of sp³-hybridized carbons (Fsp3) is 0.467. The fourth-order valence-corrected chi connectivity index (χ4v) is 10.1. The van der Waals surface area contributed by atoms with Gasteiger partial charge in [-0.1, -0.05) is 50.3 Å². The van der Waals surface area contributed by atoms with Crippen LogP contribution in [0, 0.1) is 34.5 Å². The van der Waals surface area contributed by atoms with E-state index in [9.17, 15) is 0 Å². The molecule has 3 aromatic rings. The van der Waals surface area contributed by atoms with Crippen LogP contribution in [-0.2, 0) is 0 Å². The number of methoxy groups -OCH3 is 2. The molecule has 0 saturated heterocycles. The number of hydrogen-bond donors (Lipinski definition) is 0. The van der Waals surface area contributed by atoms with E-state index in [-0.39, 0.29) is 0 Å². The highest BCUT2D eigenvalue weighted by molar-refractivity contribution is 6.05. The van der Waals surface area contributed by atoms with Crippen molar-refractivity contribution in [1.29, 1.82) is 0 Å². The molecule has 0 heterocycles. The molecule has 162 valence electrons. The van der Waals surface area contributed by atoms with E-state index in [0.717, 1.165) is 35.2 Å². The third kappa shape index (κ3) is 1.58. The third-order valence-electron chi connectivity index (χ3n) is 11.2. The predicted octanol–water partition coefficient (Wildman–Crippen LogP) is 7.06. The molecular weight excluding hydrogens is 392 g/mol. The zero-order valence-corrected chi connectivity index (χ0v) is 19.3. The summed E-state index contributed by atoms with van der Waals surface area (Å²) in [6, 6.07) is 13.3. The lowest BCUT2D eigenvalue weighted by Crippen LogP contribution is -2.65. The molecule has 2 nitrogen and oxygen atoms in total. The van der Waals surface area contributed by atoms with Crippen LogP contribution in [-0.4, -0.2) is 14.2 Å². The summed E-state index contributed by atoms with van der Waals surface area (Å²) in [5.41, 5.74) is 3.83. The van der Waals surface area contributed by atoms with Gasteiger partial charge < -0.3 is 9.47 Å². The maximum Gasteiger partial charge on any atom is 0.130 e. The highest BCUT2D eigenvalue weighted by atomic mass is 16.5. The molecule has 5 aliphatic carbocycles. The van der Waals surface area contributed by atoms with Crippen LogP contribution in [0.2, 0.25) is 0 Å². The van der Waals surface area contributed by atoms with Gasteiger partial charge in [-0.2, -0.15) is 0 Å². The van der Waals surface area contributed by atoms with Gasteiger partial charge in [0.1, 0.15) is 11.5 Å². The molecule has 32 heavy (non-hydrogen) atoms. The minimum Gasteiger partial charge on any atom is -0.496 e. The van der Waals surface area contributed by atoms with Crippen molar-refractivity contribution < 1.29 is 9.47 Å². The molecule has 2 heteroatoms. The highest BCUT2D eigenvalue weighted by Gasteiger charge is 2.81. The molecule has 3 fully saturated rings. The number of allylic oxidation sites excluding steroid dienone is 2. The Balaban J connectivity index is 1.44. The quantitative estimate of drug-likeness (QED) is 0.250. The fourth-order valence-electron chi connectivity index (χ4n) is 10.1. The lowest BCUT2D eigenvalue weighted by atomic mass is 9.33. The van der Waals surface area contributed by atoms with E-state index in [1.165, 1.54) is 45.5 Å². The van der Waals surface area contributed by atoms with Crippen LogP contribution in [0.25, 0.3) is 21.5 Å². The number of hydrogen-bond acceptors (Lipinski definition) is 2. The number of fused-ring (bicyclic) bond motifs is 17. The first-order chi connectivity index (χ1) is 15.5. The third-order valence-corrected chi connectivity index (χ3v) is 11.2. The standard InChI is InChI=1S/C30H30O2/c1-29-17-9-10-18(13-17)30(29,2)26-22-14-21(25(26)29)23-24(22)28(32-4)20-12-16-8-6-5-7-15(16)11-19(20)27(23)31-3/h5-12,17-18,21-22,25-26H,13-14H2,1-4H3/t17-,18+,21+,22-,25+,26-,29-,30+. The molecule has 8 atom stereocenters. The van der Waals surface area contributed by atoms with Crippen molar-refractivity contribution in [2.45, 2.75) is 38.5 Å². The Kier molecular flexibility index (Phi) is 3.01. The second-order valence-corrected chi connectivity index (χ2v) is 11.5. The van der Waals surface area contributed by atoms with Crippen molar-refractivity contribution >= 4 is 21.5 Å². The van der Waals surface area contributed by atoms with Gasteiger partial charge >= 0.3 is 0 Å². The van der Waals surface area contributed by atoms with Crippen molar-refractivity contribution in [1.82, 2.24) is 0 Å². The highest BCUT2D eigenvalue weighted by Crippen LogP contribution is 2.88. The van der Waals surface area contributed by atoms with Crippen LogP contribution in [0.3, 0.4) is 0 Å². The smallest absolute Gasteiger partial charge is 0.130 e. The molecule has 3 saturated carbocycles. The molecule has 0 N–H and O–H groups in total. The minimum absolute atomic E-state index is 0.435. The van der Waals surface area contributed by atoms with Crippen LogP contribution >= 0.6 is 0 Å². The van der Waals surface area contributed by atoms with Crippen LogP contribution in [0.15, 0.2) is 48.6 Å². The SMILES string of the molecule is COc1c2c(c(OC)c3cc4ccccc4cc13)[C@@H]1C[C@H]2[C@@H]2[C@H]1[C@@]1(C)[C@@H]3C=C[C@@H](C3)[C@@]21C. The molecule has 0 aliphatic heterocycles. The molecule has 0 aromatic heterocycles. The van der Waals surface area contributed by atoms with Gasteiger partial charge in [-0.05, 0) is 82.1 Å². The number of benzene rings is 3. The second kappa shape index (κ2) is 5.35. The summed E-state index contributed by atoms with van der Waals surface area (Å²) in [6.45, 7) is 5.25. The monoisotopic (exact) mass is 422 g/mol. The van der Waals surface area contributed by atoms with Gasteiger partial charge in [0, 0.05) is 21.9 Å². The van der Waals surface area contributed by atoms with Crippen molar-refractivity contribution in [3.05, 3.63) is 59.7 Å². The average Bonchev–Trinajstić information content (AvgIpc) is 3.55. The number of rotatable bonds is 2. The van der Waals surface area contributed by atoms with E-state index in [1.807, 2.05) is 14.2 Å².